The number of carbonyl (C=O) groups excluding carboxylic acids is 1. The van der Waals surface area contributed by atoms with Crippen LogP contribution in [-0.4, -0.2) is 61.0 Å². The first-order valence-corrected chi connectivity index (χ1v) is 8.56. The number of hydrogen-bond donors (Lipinski definition) is 0. The highest BCUT2D eigenvalue weighted by atomic mass is 19.4. The highest BCUT2D eigenvalue weighted by Crippen LogP contribution is 2.42. The molecule has 3 aliphatic heterocycles. The summed E-state index contributed by atoms with van der Waals surface area (Å²) in [6.45, 7) is 7.72. The summed E-state index contributed by atoms with van der Waals surface area (Å²) in [5, 5.41) is 0. The summed E-state index contributed by atoms with van der Waals surface area (Å²) in [4.78, 5) is 12.1. The van der Waals surface area contributed by atoms with Crippen molar-refractivity contribution in [3.05, 3.63) is 11.6 Å². The molecule has 3 rings (SSSR count). The second-order valence-electron chi connectivity index (χ2n) is 7.66. The number of alkyl halides is 3. The number of ether oxygens (including phenoxy) is 6. The van der Waals surface area contributed by atoms with Crippen molar-refractivity contribution in [3.8, 4) is 0 Å². The molecule has 3 heterocycles. The molecular weight excluding hydrogens is 373 g/mol. The molecule has 5 atom stereocenters. The second-order valence-corrected chi connectivity index (χ2v) is 7.66. The molecule has 27 heavy (non-hydrogen) atoms. The first-order valence-electron chi connectivity index (χ1n) is 8.56. The van der Waals surface area contributed by atoms with Crippen LogP contribution in [0.2, 0.25) is 0 Å². The summed E-state index contributed by atoms with van der Waals surface area (Å²) < 4.78 is 71.7. The third kappa shape index (κ3) is 4.45. The minimum Gasteiger partial charge on any atom is -0.453 e. The lowest BCUT2D eigenvalue weighted by atomic mass is 10.1. The summed E-state index contributed by atoms with van der Waals surface area (Å²) in [6, 6.07) is 0. The first-order chi connectivity index (χ1) is 12.3. The van der Waals surface area contributed by atoms with Gasteiger partial charge in [-0.1, -0.05) is 0 Å². The average molecular weight is 396 g/mol. The smallest absolute Gasteiger partial charge is 0.412 e. The van der Waals surface area contributed by atoms with E-state index < -0.39 is 60.0 Å². The van der Waals surface area contributed by atoms with E-state index in [1.165, 1.54) is 0 Å². The molecule has 0 N–H and O–H groups in total. The summed E-state index contributed by atoms with van der Waals surface area (Å²) in [7, 11) is 0. The molecule has 3 aliphatic rings. The molecule has 154 valence electrons. The topological polar surface area (TPSA) is 72.5 Å². The van der Waals surface area contributed by atoms with Crippen molar-refractivity contribution in [3.63, 3.8) is 0 Å². The van der Waals surface area contributed by atoms with Gasteiger partial charge in [-0.25, -0.2) is 4.79 Å². The lowest BCUT2D eigenvalue weighted by Crippen LogP contribution is -2.45. The van der Waals surface area contributed by atoms with Crippen LogP contribution in [0, 0.1) is 0 Å². The quantitative estimate of drug-likeness (QED) is 0.536. The molecule has 0 bridgehead atoms. The molecule has 0 aromatic heterocycles. The minimum absolute atomic E-state index is 0.173. The van der Waals surface area contributed by atoms with Gasteiger partial charge in [0.1, 0.15) is 12.2 Å². The van der Waals surface area contributed by atoms with Gasteiger partial charge < -0.3 is 28.4 Å². The van der Waals surface area contributed by atoms with Crippen LogP contribution in [0.25, 0.3) is 0 Å². The van der Waals surface area contributed by atoms with E-state index in [-0.39, 0.29) is 6.61 Å². The monoisotopic (exact) mass is 396 g/mol. The van der Waals surface area contributed by atoms with E-state index in [2.05, 4.69) is 0 Å². The van der Waals surface area contributed by atoms with Crippen molar-refractivity contribution in [2.24, 2.45) is 0 Å². The summed E-state index contributed by atoms with van der Waals surface area (Å²) >= 11 is 0. The number of carbonyl (C=O) groups is 1. The van der Waals surface area contributed by atoms with Gasteiger partial charge in [-0.2, -0.15) is 13.2 Å². The van der Waals surface area contributed by atoms with Crippen molar-refractivity contribution in [1.82, 2.24) is 0 Å². The molecule has 3 fully saturated rings. The maximum absolute atomic E-state index is 12.7. The molecule has 0 amide bonds. The Kier molecular flexibility index (Phi) is 5.09. The van der Waals surface area contributed by atoms with Crippen LogP contribution in [-0.2, 0) is 33.2 Å². The fourth-order valence-electron chi connectivity index (χ4n) is 3.24. The number of halogens is 3. The van der Waals surface area contributed by atoms with Gasteiger partial charge in [0.05, 0.1) is 6.61 Å². The Hall–Kier alpha value is -1.20. The summed E-state index contributed by atoms with van der Waals surface area (Å²) in [5.41, 5.74) is -1.06. The van der Waals surface area contributed by atoms with Crippen molar-refractivity contribution in [2.45, 2.75) is 83.1 Å². The molecule has 0 saturated carbocycles. The van der Waals surface area contributed by atoms with E-state index >= 15 is 0 Å². The molecule has 7 nitrogen and oxygen atoms in total. The van der Waals surface area contributed by atoms with E-state index in [0.717, 1.165) is 6.92 Å². The third-order valence-corrected chi connectivity index (χ3v) is 4.46. The van der Waals surface area contributed by atoms with Crippen LogP contribution in [0.4, 0.5) is 13.2 Å². The molecule has 10 heteroatoms. The van der Waals surface area contributed by atoms with Gasteiger partial charge in [-0.05, 0) is 34.6 Å². The Morgan fingerprint density at radius 3 is 2.30 bits per heavy atom. The molecule has 0 aliphatic carbocycles. The zero-order valence-electron chi connectivity index (χ0n) is 15.7. The molecule has 0 unspecified atom stereocenters. The molecular formula is C17H23F3O7. The lowest BCUT2D eigenvalue weighted by Gasteiger charge is -2.28. The number of esters is 1. The molecule has 0 aromatic rings. The number of allylic oxidation sites excluding steroid dienone is 1. The van der Waals surface area contributed by atoms with E-state index in [1.54, 1.807) is 27.7 Å². The highest BCUT2D eigenvalue weighted by molar-refractivity contribution is 5.83. The predicted octanol–water partition coefficient (Wildman–Crippen LogP) is 2.43. The fraction of sp³-hybridized carbons (Fsp3) is 0.824. The van der Waals surface area contributed by atoms with Crippen LogP contribution in [0.15, 0.2) is 11.6 Å². The molecule has 0 spiro atoms. The lowest BCUT2D eigenvalue weighted by molar-refractivity contribution is -0.234. The minimum atomic E-state index is -4.62. The zero-order chi connectivity index (χ0) is 20.2. The van der Waals surface area contributed by atoms with Crippen LogP contribution in [0.3, 0.4) is 0 Å². The average Bonchev–Trinajstić information content (AvgIpc) is 3.09. The summed E-state index contributed by atoms with van der Waals surface area (Å²) in [5.74, 6) is -2.97. The van der Waals surface area contributed by atoms with Crippen LogP contribution >= 0.6 is 0 Å². The SMILES string of the molecule is C/C(=C\C(=O)O[C@@H]1[C@H]2OC(C)(C)O[C@H]2O[C@@H]1[C@H]1COC(C)(C)O1)C(F)(F)F. The maximum Gasteiger partial charge on any atom is 0.412 e. The number of fused-ring (bicyclic) bond motifs is 1. The van der Waals surface area contributed by atoms with Gasteiger partial charge in [0.25, 0.3) is 0 Å². The van der Waals surface area contributed by atoms with Crippen molar-refractivity contribution >= 4 is 5.97 Å². The zero-order valence-corrected chi connectivity index (χ0v) is 15.7. The van der Waals surface area contributed by atoms with Crippen LogP contribution in [0.5, 0.6) is 0 Å². The van der Waals surface area contributed by atoms with Crippen molar-refractivity contribution < 1.29 is 46.4 Å². The van der Waals surface area contributed by atoms with E-state index in [1.807, 2.05) is 0 Å². The van der Waals surface area contributed by atoms with Gasteiger partial charge in [0.2, 0.25) is 0 Å². The standard InChI is InChI=1S/C17H23F3O7/c1-8(17(18,19)20)6-10(21)23-12-11(9-7-22-15(2,3)25-9)24-14-13(12)26-16(4,5)27-14/h6,9,11-14H,7H2,1-5H3/b8-6+/t9-,11-,12+,13-,14-/m1/s1. The van der Waals surface area contributed by atoms with Gasteiger partial charge in [0.15, 0.2) is 30.1 Å². The number of rotatable bonds is 3. The van der Waals surface area contributed by atoms with Gasteiger partial charge in [0, 0.05) is 11.6 Å². The largest absolute Gasteiger partial charge is 0.453 e. The van der Waals surface area contributed by atoms with Crippen LogP contribution < -0.4 is 0 Å². The summed E-state index contributed by atoms with van der Waals surface area (Å²) in [6.07, 6.45) is -8.24. The Morgan fingerprint density at radius 1 is 1.07 bits per heavy atom. The van der Waals surface area contributed by atoms with Gasteiger partial charge in [-0.15, -0.1) is 0 Å². The molecule has 0 radical (unpaired) electrons. The van der Waals surface area contributed by atoms with E-state index in [9.17, 15) is 18.0 Å². The maximum atomic E-state index is 12.7. The third-order valence-electron chi connectivity index (χ3n) is 4.46. The highest BCUT2D eigenvalue weighted by Gasteiger charge is 2.60. The Balaban J connectivity index is 1.78. The van der Waals surface area contributed by atoms with Gasteiger partial charge in [-0.3, -0.25) is 0 Å². The Bertz CT molecular complexity index is 629. The second kappa shape index (κ2) is 6.70. The number of hydrogen-bond acceptors (Lipinski definition) is 7. The van der Waals surface area contributed by atoms with Crippen LogP contribution in [0.1, 0.15) is 34.6 Å². The van der Waals surface area contributed by atoms with E-state index in [4.69, 9.17) is 28.4 Å². The Labute approximate surface area is 154 Å². The van der Waals surface area contributed by atoms with E-state index in [0.29, 0.717) is 6.08 Å². The predicted molar refractivity (Wildman–Crippen MR) is 83.3 cm³/mol. The Morgan fingerprint density at radius 2 is 1.74 bits per heavy atom. The molecule has 0 aromatic carbocycles. The van der Waals surface area contributed by atoms with Gasteiger partial charge >= 0.3 is 12.1 Å². The van der Waals surface area contributed by atoms with Crippen molar-refractivity contribution in [1.29, 1.82) is 0 Å². The molecule has 3 saturated heterocycles. The normalized spacial score (nSPS) is 38.1. The first kappa shape index (κ1) is 20.5. The fourth-order valence-corrected chi connectivity index (χ4v) is 3.24. The van der Waals surface area contributed by atoms with Crippen molar-refractivity contribution in [2.75, 3.05) is 6.61 Å².